The lowest BCUT2D eigenvalue weighted by Gasteiger charge is -2.10. The predicted octanol–water partition coefficient (Wildman–Crippen LogP) is 4.78. The summed E-state index contributed by atoms with van der Waals surface area (Å²) in [7, 11) is 0. The van der Waals surface area contributed by atoms with Gasteiger partial charge in [-0.1, -0.05) is 47.3 Å². The number of pyridine rings is 1. The van der Waals surface area contributed by atoms with E-state index in [1.54, 1.807) is 30.5 Å². The molecular formula is C18H10Cl2N2O. The number of para-hydroxylation sites is 1. The molecule has 0 unspecified atom stereocenters. The molecule has 0 fully saturated rings. The zero-order chi connectivity index (χ0) is 16.4. The summed E-state index contributed by atoms with van der Waals surface area (Å²) in [5, 5.41) is 4.21. The van der Waals surface area contributed by atoms with Crippen molar-refractivity contribution in [2.75, 3.05) is 5.32 Å². The fourth-order valence-electron chi connectivity index (χ4n) is 2.24. The maximum Gasteiger partial charge on any atom is 0.258 e. The summed E-state index contributed by atoms with van der Waals surface area (Å²) in [6, 6.07) is 12.2. The van der Waals surface area contributed by atoms with Crippen molar-refractivity contribution in [3.8, 4) is 12.3 Å². The fourth-order valence-corrected chi connectivity index (χ4v) is 2.81. The molecule has 0 saturated carbocycles. The summed E-state index contributed by atoms with van der Waals surface area (Å²) in [6.07, 6.45) is 6.96. The monoisotopic (exact) mass is 340 g/mol. The number of halogens is 2. The zero-order valence-corrected chi connectivity index (χ0v) is 13.3. The van der Waals surface area contributed by atoms with Crippen LogP contribution in [0.4, 0.5) is 5.69 Å². The van der Waals surface area contributed by atoms with Gasteiger partial charge in [0.25, 0.3) is 5.91 Å². The van der Waals surface area contributed by atoms with Crippen LogP contribution in [0.2, 0.25) is 10.0 Å². The lowest BCUT2D eigenvalue weighted by atomic mass is 10.1. The van der Waals surface area contributed by atoms with E-state index in [4.69, 9.17) is 29.6 Å². The van der Waals surface area contributed by atoms with Gasteiger partial charge >= 0.3 is 0 Å². The number of benzene rings is 2. The van der Waals surface area contributed by atoms with Crippen LogP contribution in [-0.4, -0.2) is 10.9 Å². The molecule has 0 radical (unpaired) electrons. The standard InChI is InChI=1S/C18H10Cl2N2O/c1-2-11-9-12-5-3-8-15(17(12)21-10-11)22-18(23)16-13(19)6-4-7-14(16)20/h1,3-10H,(H,22,23). The third-order valence-electron chi connectivity index (χ3n) is 3.32. The molecule has 0 aliphatic heterocycles. The SMILES string of the molecule is C#Cc1cnc2c(NC(=O)c3c(Cl)cccc3Cl)cccc2c1. The van der Waals surface area contributed by atoms with Gasteiger partial charge in [0.2, 0.25) is 0 Å². The molecule has 1 N–H and O–H groups in total. The topological polar surface area (TPSA) is 42.0 Å². The van der Waals surface area contributed by atoms with Crippen molar-refractivity contribution < 1.29 is 4.79 Å². The van der Waals surface area contributed by atoms with Crippen LogP contribution in [0.1, 0.15) is 15.9 Å². The molecule has 0 bridgehead atoms. The molecule has 5 heteroatoms. The molecule has 0 aliphatic rings. The van der Waals surface area contributed by atoms with Gasteiger partial charge in [0.05, 0.1) is 26.8 Å². The molecule has 0 aliphatic carbocycles. The molecule has 112 valence electrons. The molecule has 0 atom stereocenters. The Morgan fingerprint density at radius 1 is 1.13 bits per heavy atom. The van der Waals surface area contributed by atoms with Crippen LogP contribution in [0.25, 0.3) is 10.9 Å². The predicted molar refractivity (Wildman–Crippen MR) is 94.1 cm³/mol. The maximum absolute atomic E-state index is 12.5. The number of terminal acetylenes is 1. The van der Waals surface area contributed by atoms with Gasteiger partial charge in [0.15, 0.2) is 0 Å². The summed E-state index contributed by atoms with van der Waals surface area (Å²) >= 11 is 12.1. The third-order valence-corrected chi connectivity index (χ3v) is 3.95. The van der Waals surface area contributed by atoms with Gasteiger partial charge in [-0.2, -0.15) is 0 Å². The minimum Gasteiger partial charge on any atom is -0.320 e. The summed E-state index contributed by atoms with van der Waals surface area (Å²) in [5.41, 5.74) is 2.11. The number of aromatic nitrogens is 1. The number of fused-ring (bicyclic) bond motifs is 1. The highest BCUT2D eigenvalue weighted by Crippen LogP contribution is 2.27. The van der Waals surface area contributed by atoms with E-state index in [1.165, 1.54) is 0 Å². The Kier molecular flexibility index (Phi) is 4.20. The van der Waals surface area contributed by atoms with Crippen LogP contribution in [0.3, 0.4) is 0 Å². The van der Waals surface area contributed by atoms with Gasteiger partial charge in [-0.15, -0.1) is 6.42 Å². The smallest absolute Gasteiger partial charge is 0.258 e. The Morgan fingerprint density at radius 3 is 2.52 bits per heavy atom. The molecule has 3 nitrogen and oxygen atoms in total. The fraction of sp³-hybridized carbons (Fsp3) is 0. The molecule has 0 spiro atoms. The second-order valence-electron chi connectivity index (χ2n) is 4.80. The van der Waals surface area contributed by atoms with Crippen molar-refractivity contribution in [1.29, 1.82) is 0 Å². The van der Waals surface area contributed by atoms with E-state index >= 15 is 0 Å². The highest BCUT2D eigenvalue weighted by atomic mass is 35.5. The highest BCUT2D eigenvalue weighted by molar-refractivity contribution is 6.40. The van der Waals surface area contributed by atoms with E-state index in [9.17, 15) is 4.79 Å². The van der Waals surface area contributed by atoms with E-state index < -0.39 is 5.91 Å². The van der Waals surface area contributed by atoms with Crippen molar-refractivity contribution in [3.05, 3.63) is 69.8 Å². The first kappa shape index (κ1) is 15.4. The number of amides is 1. The van der Waals surface area contributed by atoms with Crippen LogP contribution < -0.4 is 5.32 Å². The number of hydrogen-bond acceptors (Lipinski definition) is 2. The van der Waals surface area contributed by atoms with Crippen LogP contribution >= 0.6 is 23.2 Å². The highest BCUT2D eigenvalue weighted by Gasteiger charge is 2.16. The number of hydrogen-bond donors (Lipinski definition) is 1. The quantitative estimate of drug-likeness (QED) is 0.682. The van der Waals surface area contributed by atoms with E-state index in [0.717, 1.165) is 5.39 Å². The summed E-state index contributed by atoms with van der Waals surface area (Å²) in [6.45, 7) is 0. The van der Waals surface area contributed by atoms with Crippen LogP contribution in [0.15, 0.2) is 48.7 Å². The number of carbonyl (C=O) groups is 1. The average molecular weight is 341 g/mol. The van der Waals surface area contributed by atoms with Crippen molar-refractivity contribution in [1.82, 2.24) is 4.98 Å². The van der Waals surface area contributed by atoms with Crippen molar-refractivity contribution in [2.24, 2.45) is 0 Å². The molecule has 1 amide bonds. The molecule has 0 saturated heterocycles. The number of rotatable bonds is 2. The Balaban J connectivity index is 2.02. The van der Waals surface area contributed by atoms with Crippen molar-refractivity contribution in [2.45, 2.75) is 0 Å². The first-order valence-electron chi connectivity index (χ1n) is 6.71. The molecule has 23 heavy (non-hydrogen) atoms. The number of anilines is 1. The summed E-state index contributed by atoms with van der Waals surface area (Å²) in [4.78, 5) is 16.8. The number of nitrogens with zero attached hydrogens (tertiary/aromatic N) is 1. The van der Waals surface area contributed by atoms with E-state index in [-0.39, 0.29) is 15.6 Å². The lowest BCUT2D eigenvalue weighted by Crippen LogP contribution is -2.13. The Bertz CT molecular complexity index is 941. The zero-order valence-electron chi connectivity index (χ0n) is 11.8. The summed E-state index contributed by atoms with van der Waals surface area (Å²) < 4.78 is 0. The largest absolute Gasteiger partial charge is 0.320 e. The van der Waals surface area contributed by atoms with Gasteiger partial charge in [-0.05, 0) is 24.3 Å². The second kappa shape index (κ2) is 6.29. The van der Waals surface area contributed by atoms with E-state index in [1.807, 2.05) is 18.2 Å². The van der Waals surface area contributed by atoms with Gasteiger partial charge in [-0.3, -0.25) is 9.78 Å². The minimum atomic E-state index is -0.393. The molecule has 3 aromatic rings. The Morgan fingerprint density at radius 2 is 1.83 bits per heavy atom. The number of carbonyl (C=O) groups excluding carboxylic acids is 1. The minimum absolute atomic E-state index is 0.230. The molecule has 1 heterocycles. The molecular weight excluding hydrogens is 331 g/mol. The van der Waals surface area contributed by atoms with Gasteiger partial charge in [0, 0.05) is 17.1 Å². The van der Waals surface area contributed by atoms with Crippen LogP contribution in [-0.2, 0) is 0 Å². The lowest BCUT2D eigenvalue weighted by molar-refractivity contribution is 0.102. The normalized spacial score (nSPS) is 10.3. The molecule has 3 rings (SSSR count). The first-order chi connectivity index (χ1) is 11.1. The Labute approximate surface area is 143 Å². The van der Waals surface area contributed by atoms with Crippen molar-refractivity contribution >= 4 is 45.7 Å². The Hall–Kier alpha value is -2.54. The average Bonchev–Trinajstić information content (AvgIpc) is 2.54. The molecule has 1 aromatic heterocycles. The maximum atomic E-state index is 12.5. The van der Waals surface area contributed by atoms with Gasteiger partial charge in [0.1, 0.15) is 0 Å². The summed E-state index contributed by atoms with van der Waals surface area (Å²) in [5.74, 6) is 2.14. The van der Waals surface area contributed by atoms with E-state index in [0.29, 0.717) is 16.8 Å². The van der Waals surface area contributed by atoms with Crippen molar-refractivity contribution in [3.63, 3.8) is 0 Å². The van der Waals surface area contributed by atoms with E-state index in [2.05, 4.69) is 16.2 Å². The number of nitrogens with one attached hydrogen (secondary N) is 1. The van der Waals surface area contributed by atoms with Crippen LogP contribution in [0.5, 0.6) is 0 Å². The third kappa shape index (κ3) is 3.00. The molecule has 2 aromatic carbocycles. The second-order valence-corrected chi connectivity index (χ2v) is 5.61. The first-order valence-corrected chi connectivity index (χ1v) is 7.46. The van der Waals surface area contributed by atoms with Gasteiger partial charge in [-0.25, -0.2) is 0 Å². The van der Waals surface area contributed by atoms with Crippen LogP contribution in [0, 0.1) is 12.3 Å². The van der Waals surface area contributed by atoms with Gasteiger partial charge < -0.3 is 5.32 Å².